The minimum absolute atomic E-state index is 0.0248. The molecule has 0 bridgehead atoms. The van der Waals surface area contributed by atoms with Crippen molar-refractivity contribution in [3.63, 3.8) is 0 Å². The van der Waals surface area contributed by atoms with Gasteiger partial charge in [-0.15, -0.1) is 0 Å². The number of benzene rings is 2. The Morgan fingerprint density at radius 3 is 2.55 bits per heavy atom. The Kier molecular flexibility index (Phi) is 5.04. The Labute approximate surface area is 127 Å². The monoisotopic (exact) mass is 335 g/mol. The molecule has 4 heteroatoms. The third kappa shape index (κ3) is 3.32. The molecular formula is C16H18BrNO2. The molecule has 0 saturated heterocycles. The summed E-state index contributed by atoms with van der Waals surface area (Å²) < 4.78 is 12.0. The Morgan fingerprint density at radius 1 is 1.15 bits per heavy atom. The second kappa shape index (κ2) is 6.77. The lowest BCUT2D eigenvalue weighted by molar-refractivity contribution is 0.411. The second-order valence-electron chi connectivity index (χ2n) is 4.45. The summed E-state index contributed by atoms with van der Waals surface area (Å²) >= 11 is 3.49. The highest BCUT2D eigenvalue weighted by atomic mass is 79.9. The summed E-state index contributed by atoms with van der Waals surface area (Å²) in [5.74, 6) is 2.30. The van der Waals surface area contributed by atoms with E-state index in [0.29, 0.717) is 0 Å². The van der Waals surface area contributed by atoms with Crippen molar-refractivity contribution >= 4 is 15.9 Å². The van der Waals surface area contributed by atoms with Crippen molar-refractivity contribution in [2.24, 2.45) is 5.73 Å². The van der Waals surface area contributed by atoms with E-state index in [0.717, 1.165) is 33.7 Å². The first-order valence-corrected chi connectivity index (χ1v) is 7.31. The fourth-order valence-electron chi connectivity index (χ4n) is 1.91. The van der Waals surface area contributed by atoms with Gasteiger partial charge >= 0.3 is 0 Å². The van der Waals surface area contributed by atoms with Crippen molar-refractivity contribution < 1.29 is 9.47 Å². The highest BCUT2D eigenvalue weighted by Gasteiger charge is 2.12. The molecule has 0 unspecified atom stereocenters. The summed E-state index contributed by atoms with van der Waals surface area (Å²) in [5.41, 5.74) is 7.13. The van der Waals surface area contributed by atoms with Crippen LogP contribution in [0.15, 0.2) is 46.9 Å². The zero-order valence-electron chi connectivity index (χ0n) is 11.6. The van der Waals surface area contributed by atoms with E-state index in [1.165, 1.54) is 0 Å². The molecule has 0 spiro atoms. The van der Waals surface area contributed by atoms with Crippen molar-refractivity contribution in [3.8, 4) is 17.2 Å². The van der Waals surface area contributed by atoms with Crippen molar-refractivity contribution in [2.45, 2.75) is 19.4 Å². The lowest BCUT2D eigenvalue weighted by atomic mass is 10.0. The fourth-order valence-corrected chi connectivity index (χ4v) is 2.35. The summed E-state index contributed by atoms with van der Waals surface area (Å²) in [6, 6.07) is 13.4. The van der Waals surface area contributed by atoms with Gasteiger partial charge in [0.15, 0.2) is 0 Å². The van der Waals surface area contributed by atoms with Crippen LogP contribution in [0.2, 0.25) is 0 Å². The van der Waals surface area contributed by atoms with E-state index >= 15 is 0 Å². The number of halogens is 1. The second-order valence-corrected chi connectivity index (χ2v) is 5.31. The van der Waals surface area contributed by atoms with Gasteiger partial charge in [0, 0.05) is 11.6 Å². The number of nitrogens with two attached hydrogens (primary N) is 1. The quantitative estimate of drug-likeness (QED) is 0.864. The maximum Gasteiger partial charge on any atom is 0.141 e. The van der Waals surface area contributed by atoms with E-state index in [9.17, 15) is 0 Å². The van der Waals surface area contributed by atoms with E-state index in [1.807, 2.05) is 42.5 Å². The Balaban J connectivity index is 2.30. The van der Waals surface area contributed by atoms with Gasteiger partial charge in [-0.25, -0.2) is 0 Å². The molecule has 2 aromatic carbocycles. The lowest BCUT2D eigenvalue weighted by Crippen LogP contribution is -2.09. The van der Waals surface area contributed by atoms with Crippen LogP contribution in [0.5, 0.6) is 17.2 Å². The molecule has 2 aromatic rings. The largest absolute Gasteiger partial charge is 0.497 e. The van der Waals surface area contributed by atoms with Crippen LogP contribution < -0.4 is 15.2 Å². The number of methoxy groups -OCH3 is 1. The first kappa shape index (κ1) is 14.9. The molecule has 2 N–H and O–H groups in total. The predicted molar refractivity (Wildman–Crippen MR) is 84.4 cm³/mol. The molecule has 20 heavy (non-hydrogen) atoms. The third-order valence-corrected chi connectivity index (χ3v) is 3.74. The minimum Gasteiger partial charge on any atom is -0.497 e. The Bertz CT molecular complexity index is 586. The van der Waals surface area contributed by atoms with Crippen LogP contribution in [0, 0.1) is 0 Å². The Morgan fingerprint density at radius 2 is 1.90 bits per heavy atom. The average molecular weight is 336 g/mol. The molecule has 0 radical (unpaired) electrons. The van der Waals surface area contributed by atoms with Gasteiger partial charge in [-0.05, 0) is 46.6 Å². The molecule has 0 aliphatic heterocycles. The van der Waals surface area contributed by atoms with E-state index in [-0.39, 0.29) is 6.04 Å². The standard InChI is InChI=1S/C16H18BrNO2/c1-3-14(18)12-6-4-5-7-15(12)20-16-9-8-11(19-2)10-13(16)17/h4-10,14H,3,18H2,1-2H3/t14-/m1/s1. The predicted octanol–water partition coefficient (Wildman–Crippen LogP) is 4.66. The normalized spacial score (nSPS) is 12.0. The highest BCUT2D eigenvalue weighted by molar-refractivity contribution is 9.10. The van der Waals surface area contributed by atoms with Crippen LogP contribution >= 0.6 is 15.9 Å². The molecular weight excluding hydrogens is 318 g/mol. The van der Waals surface area contributed by atoms with Crippen LogP contribution in [0.4, 0.5) is 0 Å². The zero-order chi connectivity index (χ0) is 14.5. The van der Waals surface area contributed by atoms with Crippen LogP contribution in [0.1, 0.15) is 24.9 Å². The summed E-state index contributed by atoms with van der Waals surface area (Å²) in [5, 5.41) is 0. The van der Waals surface area contributed by atoms with Crippen LogP contribution in [-0.2, 0) is 0 Å². The summed E-state index contributed by atoms with van der Waals surface area (Å²) in [6.45, 7) is 2.06. The maximum atomic E-state index is 6.12. The van der Waals surface area contributed by atoms with Gasteiger partial charge < -0.3 is 15.2 Å². The van der Waals surface area contributed by atoms with Crippen LogP contribution in [0.25, 0.3) is 0 Å². The van der Waals surface area contributed by atoms with Gasteiger partial charge in [0.2, 0.25) is 0 Å². The number of ether oxygens (including phenoxy) is 2. The van der Waals surface area contributed by atoms with Crippen molar-refractivity contribution in [2.75, 3.05) is 7.11 Å². The molecule has 0 aliphatic rings. The van der Waals surface area contributed by atoms with Crippen molar-refractivity contribution in [1.29, 1.82) is 0 Å². The zero-order valence-corrected chi connectivity index (χ0v) is 13.2. The molecule has 0 fully saturated rings. The summed E-state index contributed by atoms with van der Waals surface area (Å²) in [4.78, 5) is 0. The van der Waals surface area contributed by atoms with Crippen LogP contribution in [-0.4, -0.2) is 7.11 Å². The molecule has 0 aliphatic carbocycles. The lowest BCUT2D eigenvalue weighted by Gasteiger charge is -2.16. The minimum atomic E-state index is -0.0248. The summed E-state index contributed by atoms with van der Waals surface area (Å²) in [6.07, 6.45) is 0.865. The SMILES string of the molecule is CC[C@@H](N)c1ccccc1Oc1ccc(OC)cc1Br. The smallest absolute Gasteiger partial charge is 0.141 e. The Hall–Kier alpha value is -1.52. The molecule has 0 heterocycles. The van der Waals surface area contributed by atoms with Crippen molar-refractivity contribution in [3.05, 3.63) is 52.5 Å². The van der Waals surface area contributed by atoms with E-state index in [2.05, 4.69) is 22.9 Å². The van der Waals surface area contributed by atoms with Gasteiger partial charge in [-0.3, -0.25) is 0 Å². The summed E-state index contributed by atoms with van der Waals surface area (Å²) in [7, 11) is 1.64. The maximum absolute atomic E-state index is 6.12. The van der Waals surface area contributed by atoms with Crippen LogP contribution in [0.3, 0.4) is 0 Å². The van der Waals surface area contributed by atoms with Gasteiger partial charge in [0.05, 0.1) is 11.6 Å². The topological polar surface area (TPSA) is 44.5 Å². The number of hydrogen-bond donors (Lipinski definition) is 1. The highest BCUT2D eigenvalue weighted by Crippen LogP contribution is 2.35. The van der Waals surface area contributed by atoms with Gasteiger partial charge in [0.1, 0.15) is 17.2 Å². The first-order chi connectivity index (χ1) is 9.65. The third-order valence-electron chi connectivity index (χ3n) is 3.12. The molecule has 2 rings (SSSR count). The van der Waals surface area contributed by atoms with E-state index < -0.39 is 0 Å². The van der Waals surface area contributed by atoms with Gasteiger partial charge in [0.25, 0.3) is 0 Å². The number of rotatable bonds is 5. The number of hydrogen-bond acceptors (Lipinski definition) is 3. The van der Waals surface area contributed by atoms with Gasteiger partial charge in [-0.1, -0.05) is 25.1 Å². The molecule has 0 amide bonds. The van der Waals surface area contributed by atoms with Gasteiger partial charge in [-0.2, -0.15) is 0 Å². The average Bonchev–Trinajstić information content (AvgIpc) is 2.49. The molecule has 1 atom stereocenters. The molecule has 3 nitrogen and oxygen atoms in total. The van der Waals surface area contributed by atoms with Crippen molar-refractivity contribution in [1.82, 2.24) is 0 Å². The fraction of sp³-hybridized carbons (Fsp3) is 0.250. The molecule has 0 saturated carbocycles. The number of para-hydroxylation sites is 1. The molecule has 0 aromatic heterocycles. The van der Waals surface area contributed by atoms with E-state index in [4.69, 9.17) is 15.2 Å². The van der Waals surface area contributed by atoms with E-state index in [1.54, 1.807) is 7.11 Å². The first-order valence-electron chi connectivity index (χ1n) is 6.51. The molecule has 106 valence electrons.